The Morgan fingerprint density at radius 2 is 0.681 bits per heavy atom. The Bertz CT molecular complexity index is 599. The van der Waals surface area contributed by atoms with E-state index in [1.165, 1.54) is 141 Å². The molecule has 0 amide bonds. The summed E-state index contributed by atoms with van der Waals surface area (Å²) in [6.45, 7) is 4.94. The maximum Gasteiger partial charge on any atom is 0.303 e. The van der Waals surface area contributed by atoms with Crippen LogP contribution in [0.4, 0.5) is 0 Å². The van der Waals surface area contributed by atoms with Gasteiger partial charge >= 0.3 is 11.9 Å². The van der Waals surface area contributed by atoms with Gasteiger partial charge in [0.05, 0.1) is 13.2 Å². The first kappa shape index (κ1) is 50.1. The summed E-state index contributed by atoms with van der Waals surface area (Å²) in [6, 6.07) is 0. The van der Waals surface area contributed by atoms with Crippen LogP contribution in [0.5, 0.6) is 0 Å². The van der Waals surface area contributed by atoms with Crippen molar-refractivity contribution in [1.29, 1.82) is 0 Å². The topological polar surface area (TPSA) is 115 Å². The summed E-state index contributed by atoms with van der Waals surface area (Å²) in [6.07, 6.45) is 42.5. The van der Waals surface area contributed by atoms with E-state index in [2.05, 4.69) is 38.2 Å². The molecule has 0 radical (unpaired) electrons. The van der Waals surface area contributed by atoms with Crippen LogP contribution in [0.2, 0.25) is 0 Å². The Kier molecular flexibility index (Phi) is 52.3. The zero-order valence-corrected chi connectivity index (χ0v) is 31.8. The lowest BCUT2D eigenvalue weighted by molar-refractivity contribution is -0.138. The second-order valence-electron chi connectivity index (χ2n) is 12.5. The van der Waals surface area contributed by atoms with Gasteiger partial charge in [0.1, 0.15) is 0 Å². The summed E-state index contributed by atoms with van der Waals surface area (Å²) < 4.78 is 0. The zero-order chi connectivity index (χ0) is 35.3. The van der Waals surface area contributed by atoms with Crippen molar-refractivity contribution in [2.24, 2.45) is 0 Å². The fraction of sp³-hybridized carbons (Fsp3) is 0.850. The van der Waals surface area contributed by atoms with E-state index in [0.717, 1.165) is 37.2 Å². The predicted octanol–water partition coefficient (Wildman–Crippen LogP) is 11.9. The first-order chi connectivity index (χ1) is 23.0. The van der Waals surface area contributed by atoms with Crippen molar-refractivity contribution in [2.75, 3.05) is 24.7 Å². The van der Waals surface area contributed by atoms with Crippen LogP contribution in [0.1, 0.15) is 194 Å². The van der Waals surface area contributed by atoms with E-state index in [9.17, 15) is 9.59 Å². The van der Waals surface area contributed by atoms with Gasteiger partial charge in [-0.25, -0.2) is 0 Å². The van der Waals surface area contributed by atoms with Gasteiger partial charge in [0.15, 0.2) is 0 Å². The molecule has 0 aliphatic carbocycles. The van der Waals surface area contributed by atoms with Gasteiger partial charge in [-0.1, -0.05) is 141 Å². The molecule has 0 heterocycles. The molecule has 0 saturated carbocycles. The van der Waals surface area contributed by atoms with E-state index in [1.54, 1.807) is 11.8 Å². The standard InChI is InChI=1S/2C18H34O2.C4H10O2S/c2*1-2-3-4-5-6-7-8-9-10-11-12-13-14-15-16-17-18(19)20;5-1-3-7-4-2-6/h2*9-10H,2-8,11-17H2,1H3,(H,19,20);5-6H,1-4H2. The minimum atomic E-state index is -0.664. The monoisotopic (exact) mass is 687 g/mol. The van der Waals surface area contributed by atoms with Crippen molar-refractivity contribution in [3.05, 3.63) is 24.3 Å². The number of allylic oxidation sites excluding steroid dienone is 4. The minimum Gasteiger partial charge on any atom is -0.481 e. The fourth-order valence-electron chi connectivity index (χ4n) is 4.93. The molecule has 0 aromatic carbocycles. The molecular weight excluding hydrogens is 609 g/mol. The van der Waals surface area contributed by atoms with Gasteiger partial charge < -0.3 is 20.4 Å². The van der Waals surface area contributed by atoms with E-state index >= 15 is 0 Å². The van der Waals surface area contributed by atoms with Crippen LogP contribution in [0, 0.1) is 0 Å². The van der Waals surface area contributed by atoms with Crippen LogP contribution >= 0.6 is 11.8 Å². The van der Waals surface area contributed by atoms with Crippen LogP contribution in [0.25, 0.3) is 0 Å². The van der Waals surface area contributed by atoms with Gasteiger partial charge in [-0.15, -0.1) is 0 Å². The molecule has 0 aromatic rings. The molecule has 0 fully saturated rings. The molecule has 4 N–H and O–H groups in total. The smallest absolute Gasteiger partial charge is 0.303 e. The number of carbonyl (C=O) groups is 2. The van der Waals surface area contributed by atoms with Crippen molar-refractivity contribution in [3.63, 3.8) is 0 Å². The quantitative estimate of drug-likeness (QED) is 0.0393. The third kappa shape index (κ3) is 60.5. The number of aliphatic hydroxyl groups excluding tert-OH is 2. The van der Waals surface area contributed by atoms with E-state index in [-0.39, 0.29) is 13.2 Å². The Balaban J connectivity index is -0.000000685. The summed E-state index contributed by atoms with van der Waals surface area (Å²) in [5.41, 5.74) is 0. The molecule has 0 saturated heterocycles. The molecule has 280 valence electrons. The normalized spacial score (nSPS) is 11.0. The number of hydrogen-bond donors (Lipinski definition) is 4. The molecule has 6 nitrogen and oxygen atoms in total. The van der Waals surface area contributed by atoms with E-state index < -0.39 is 11.9 Å². The average molecular weight is 687 g/mol. The largest absolute Gasteiger partial charge is 0.481 e. The number of hydrogen-bond acceptors (Lipinski definition) is 5. The summed E-state index contributed by atoms with van der Waals surface area (Å²) in [4.78, 5) is 20.6. The van der Waals surface area contributed by atoms with Crippen molar-refractivity contribution < 1.29 is 30.0 Å². The Morgan fingerprint density at radius 3 is 0.936 bits per heavy atom. The second-order valence-corrected chi connectivity index (χ2v) is 13.7. The van der Waals surface area contributed by atoms with Crippen LogP contribution in [-0.2, 0) is 9.59 Å². The van der Waals surface area contributed by atoms with E-state index in [1.807, 2.05) is 0 Å². The molecule has 0 aliphatic rings. The lowest BCUT2D eigenvalue weighted by Crippen LogP contribution is -1.93. The highest BCUT2D eigenvalue weighted by molar-refractivity contribution is 7.99. The predicted molar refractivity (Wildman–Crippen MR) is 206 cm³/mol. The molecule has 0 spiro atoms. The number of thioether (sulfide) groups is 1. The summed E-state index contributed by atoms with van der Waals surface area (Å²) in [5.74, 6) is 0.145. The third-order valence-corrected chi connectivity index (χ3v) is 8.72. The van der Waals surface area contributed by atoms with Crippen LogP contribution in [0.3, 0.4) is 0 Å². The number of carboxylic acid groups (broad SMARTS) is 2. The van der Waals surface area contributed by atoms with Gasteiger partial charge in [-0.3, -0.25) is 9.59 Å². The van der Waals surface area contributed by atoms with Crippen LogP contribution < -0.4 is 0 Å². The molecule has 0 aliphatic heterocycles. The Morgan fingerprint density at radius 1 is 0.426 bits per heavy atom. The lowest BCUT2D eigenvalue weighted by Gasteiger charge is -1.99. The van der Waals surface area contributed by atoms with Gasteiger partial charge in [-0.05, 0) is 64.2 Å². The van der Waals surface area contributed by atoms with E-state index in [0.29, 0.717) is 12.8 Å². The molecule has 0 rings (SSSR count). The molecule has 0 aromatic heterocycles. The van der Waals surface area contributed by atoms with Gasteiger partial charge in [0.2, 0.25) is 0 Å². The fourth-order valence-corrected chi connectivity index (χ4v) is 5.39. The van der Waals surface area contributed by atoms with Crippen molar-refractivity contribution >= 4 is 23.7 Å². The average Bonchev–Trinajstić information content (AvgIpc) is 3.05. The zero-order valence-electron chi connectivity index (χ0n) is 31.0. The van der Waals surface area contributed by atoms with Gasteiger partial charge in [0, 0.05) is 24.3 Å². The molecule has 47 heavy (non-hydrogen) atoms. The second kappa shape index (κ2) is 49.1. The SMILES string of the molecule is CCCCCCCCC=CCCCCCCCC(=O)O.CCCCCCCCC=CCCCCCCCC(=O)O.OCCSCCO. The Hall–Kier alpha value is -1.31. The lowest BCUT2D eigenvalue weighted by atomic mass is 10.1. The summed E-state index contributed by atoms with van der Waals surface area (Å²) in [5, 5.41) is 33.4. The van der Waals surface area contributed by atoms with Crippen molar-refractivity contribution in [1.82, 2.24) is 0 Å². The van der Waals surface area contributed by atoms with Crippen LogP contribution in [-0.4, -0.2) is 57.1 Å². The number of rotatable bonds is 34. The maximum atomic E-state index is 10.3. The third-order valence-electron chi connectivity index (χ3n) is 7.78. The first-order valence-corrected chi connectivity index (χ1v) is 20.6. The number of unbranched alkanes of at least 4 members (excludes halogenated alkanes) is 22. The van der Waals surface area contributed by atoms with Crippen LogP contribution in [0.15, 0.2) is 24.3 Å². The van der Waals surface area contributed by atoms with Gasteiger partial charge in [0.25, 0.3) is 0 Å². The first-order valence-electron chi connectivity index (χ1n) is 19.5. The number of carboxylic acids is 2. The molecule has 0 bridgehead atoms. The summed E-state index contributed by atoms with van der Waals surface area (Å²) >= 11 is 1.55. The van der Waals surface area contributed by atoms with Crippen molar-refractivity contribution in [2.45, 2.75) is 194 Å². The Labute approximate surface area is 295 Å². The molecule has 0 unspecified atom stereocenters. The highest BCUT2D eigenvalue weighted by Gasteiger charge is 1.97. The molecular formula is C40H78O6S. The summed E-state index contributed by atoms with van der Waals surface area (Å²) in [7, 11) is 0. The highest BCUT2D eigenvalue weighted by atomic mass is 32.2. The van der Waals surface area contributed by atoms with E-state index in [4.69, 9.17) is 20.4 Å². The van der Waals surface area contributed by atoms with Gasteiger partial charge in [-0.2, -0.15) is 11.8 Å². The molecule has 0 atom stereocenters. The minimum absolute atomic E-state index is 0.213. The number of aliphatic carboxylic acids is 2. The number of aliphatic hydroxyl groups is 2. The maximum absolute atomic E-state index is 10.3. The highest BCUT2D eigenvalue weighted by Crippen LogP contribution is 2.11. The van der Waals surface area contributed by atoms with Crippen molar-refractivity contribution in [3.8, 4) is 0 Å². The molecule has 7 heteroatoms.